The van der Waals surface area contributed by atoms with E-state index in [1.54, 1.807) is 12.1 Å². The molecule has 1 saturated heterocycles. The fraction of sp³-hybridized carbons (Fsp3) is 0.588. The Morgan fingerprint density at radius 2 is 2.09 bits per heavy atom. The van der Waals surface area contributed by atoms with Crippen molar-refractivity contribution in [2.24, 2.45) is 0 Å². The quantitative estimate of drug-likeness (QED) is 0.915. The van der Waals surface area contributed by atoms with Crippen LogP contribution in [-0.4, -0.2) is 30.4 Å². The van der Waals surface area contributed by atoms with E-state index in [-0.39, 0.29) is 6.10 Å². The van der Waals surface area contributed by atoms with Crippen LogP contribution in [0.25, 0.3) is 0 Å². The van der Waals surface area contributed by atoms with Gasteiger partial charge in [0.15, 0.2) is 0 Å². The highest BCUT2D eigenvalue weighted by molar-refractivity contribution is 6.32. The number of hydrogen-bond donors (Lipinski definition) is 1. The molecule has 4 nitrogen and oxygen atoms in total. The number of ether oxygens (including phenoxy) is 2. The number of carboxylic acid groups (broad SMARTS) is 1. The minimum absolute atomic E-state index is 0.0338. The lowest BCUT2D eigenvalue weighted by Gasteiger charge is -2.34. The summed E-state index contributed by atoms with van der Waals surface area (Å²) in [6.07, 6.45) is 5.24. The zero-order valence-corrected chi connectivity index (χ0v) is 13.3. The predicted octanol–water partition coefficient (Wildman–Crippen LogP) is 3.79. The largest absolute Gasteiger partial charge is 0.486 e. The van der Waals surface area contributed by atoms with Crippen molar-refractivity contribution >= 4 is 17.6 Å². The summed E-state index contributed by atoms with van der Waals surface area (Å²) in [6.45, 7) is 1.29. The van der Waals surface area contributed by atoms with Crippen LogP contribution < -0.4 is 4.74 Å². The molecule has 1 aromatic rings. The van der Waals surface area contributed by atoms with Gasteiger partial charge in [0.25, 0.3) is 0 Å². The van der Waals surface area contributed by atoms with Crippen LogP contribution in [0, 0.1) is 0 Å². The summed E-state index contributed by atoms with van der Waals surface area (Å²) >= 11 is 6.33. The molecule has 1 aliphatic heterocycles. The van der Waals surface area contributed by atoms with Gasteiger partial charge in [-0.15, -0.1) is 0 Å². The number of rotatable bonds is 4. The molecule has 2 fully saturated rings. The lowest BCUT2D eigenvalue weighted by molar-refractivity contribution is -0.145. The fourth-order valence-electron chi connectivity index (χ4n) is 3.46. The van der Waals surface area contributed by atoms with Crippen LogP contribution in [0.5, 0.6) is 5.75 Å². The molecule has 1 unspecified atom stereocenters. The van der Waals surface area contributed by atoms with Gasteiger partial charge in [-0.05, 0) is 30.5 Å². The van der Waals surface area contributed by atoms with E-state index in [0.717, 1.165) is 31.2 Å². The molecule has 1 heterocycles. The number of halogens is 1. The van der Waals surface area contributed by atoms with Gasteiger partial charge in [-0.1, -0.05) is 36.9 Å². The summed E-state index contributed by atoms with van der Waals surface area (Å²) in [5, 5.41) is 10.2. The molecule has 1 saturated carbocycles. The first-order valence-corrected chi connectivity index (χ1v) is 8.27. The van der Waals surface area contributed by atoms with Crippen molar-refractivity contribution in [1.29, 1.82) is 0 Å². The maximum Gasteiger partial charge on any atom is 0.314 e. The van der Waals surface area contributed by atoms with Gasteiger partial charge >= 0.3 is 5.97 Å². The summed E-state index contributed by atoms with van der Waals surface area (Å²) in [4.78, 5) is 11.9. The molecule has 0 bridgehead atoms. The fourth-order valence-corrected chi connectivity index (χ4v) is 3.69. The summed E-state index contributed by atoms with van der Waals surface area (Å²) in [5.41, 5.74) is -0.00334. The second-order valence-electron chi connectivity index (χ2n) is 6.20. The zero-order chi connectivity index (χ0) is 15.6. The van der Waals surface area contributed by atoms with Crippen LogP contribution >= 0.6 is 11.6 Å². The molecular weight excluding hydrogens is 304 g/mol. The van der Waals surface area contributed by atoms with Crippen molar-refractivity contribution in [3.63, 3.8) is 0 Å². The first-order valence-electron chi connectivity index (χ1n) is 7.90. The van der Waals surface area contributed by atoms with Crippen molar-refractivity contribution in [3.05, 3.63) is 28.8 Å². The minimum Gasteiger partial charge on any atom is -0.486 e. The molecule has 5 heteroatoms. The summed E-state index contributed by atoms with van der Waals surface area (Å²) in [7, 11) is 0. The lowest BCUT2D eigenvalue weighted by Crippen LogP contribution is -2.37. The highest BCUT2D eigenvalue weighted by Crippen LogP contribution is 2.42. The summed E-state index contributed by atoms with van der Waals surface area (Å²) in [6, 6.07) is 5.43. The molecule has 3 rings (SSSR count). The van der Waals surface area contributed by atoms with Gasteiger partial charge in [-0.2, -0.15) is 0 Å². The molecule has 1 atom stereocenters. The van der Waals surface area contributed by atoms with Gasteiger partial charge in [-0.25, -0.2) is 0 Å². The first-order chi connectivity index (χ1) is 10.6. The molecular formula is C17H21ClO4. The Hall–Kier alpha value is -1.26. The Kier molecular flexibility index (Phi) is 4.59. The third-order valence-corrected chi connectivity index (χ3v) is 5.08. The number of carbonyl (C=O) groups is 1. The van der Waals surface area contributed by atoms with Crippen molar-refractivity contribution in [1.82, 2.24) is 0 Å². The number of hydrogen-bond acceptors (Lipinski definition) is 3. The van der Waals surface area contributed by atoms with Crippen molar-refractivity contribution < 1.29 is 19.4 Å². The van der Waals surface area contributed by atoms with E-state index in [9.17, 15) is 9.90 Å². The number of aliphatic carboxylic acids is 1. The van der Waals surface area contributed by atoms with Crippen LogP contribution in [-0.2, 0) is 14.9 Å². The van der Waals surface area contributed by atoms with E-state index in [1.165, 1.54) is 0 Å². The topological polar surface area (TPSA) is 55.8 Å². The summed E-state index contributed by atoms with van der Waals surface area (Å²) < 4.78 is 11.1. The smallest absolute Gasteiger partial charge is 0.314 e. The zero-order valence-electron chi connectivity index (χ0n) is 12.5. The Bertz CT molecular complexity index is 546. The Labute approximate surface area is 135 Å². The van der Waals surface area contributed by atoms with E-state index in [0.29, 0.717) is 36.8 Å². The van der Waals surface area contributed by atoms with E-state index >= 15 is 0 Å². The van der Waals surface area contributed by atoms with E-state index in [4.69, 9.17) is 21.1 Å². The molecule has 1 aromatic carbocycles. The molecule has 22 heavy (non-hydrogen) atoms. The molecule has 0 spiro atoms. The van der Waals surface area contributed by atoms with Crippen LogP contribution in [0.3, 0.4) is 0 Å². The average Bonchev–Trinajstić information content (AvgIpc) is 3.03. The van der Waals surface area contributed by atoms with Gasteiger partial charge in [-0.3, -0.25) is 4.79 Å². The Morgan fingerprint density at radius 3 is 2.68 bits per heavy atom. The summed E-state index contributed by atoms with van der Waals surface area (Å²) in [5.74, 6) is -0.140. The molecule has 1 aliphatic carbocycles. The van der Waals surface area contributed by atoms with E-state index in [1.807, 2.05) is 6.07 Å². The molecule has 0 radical (unpaired) electrons. The highest BCUT2D eigenvalue weighted by atomic mass is 35.5. The number of benzene rings is 1. The number of carboxylic acids is 1. The van der Waals surface area contributed by atoms with Crippen LogP contribution in [0.1, 0.15) is 44.1 Å². The maximum absolute atomic E-state index is 11.9. The second-order valence-corrected chi connectivity index (χ2v) is 6.60. The first kappa shape index (κ1) is 15.6. The third kappa shape index (κ3) is 2.95. The van der Waals surface area contributed by atoms with E-state index < -0.39 is 11.4 Å². The second kappa shape index (κ2) is 6.47. The minimum atomic E-state index is -0.795. The van der Waals surface area contributed by atoms with Gasteiger partial charge in [0.1, 0.15) is 11.9 Å². The lowest BCUT2D eigenvalue weighted by atomic mass is 9.69. The molecule has 1 N–H and O–H groups in total. The standard InChI is InChI=1S/C17H21ClO4/c18-14-10-12(17(16(19)20)7-2-1-3-8-17)4-5-15(14)22-13-6-9-21-11-13/h4-5,10,13H,1-3,6-9,11H2,(H,19,20). The van der Waals surface area contributed by atoms with Crippen molar-refractivity contribution in [3.8, 4) is 5.75 Å². The SMILES string of the molecule is O=C(O)C1(c2ccc(OC3CCOC3)c(Cl)c2)CCCCC1. The van der Waals surface area contributed by atoms with Crippen molar-refractivity contribution in [2.45, 2.75) is 50.0 Å². The predicted molar refractivity (Wildman–Crippen MR) is 83.7 cm³/mol. The van der Waals surface area contributed by atoms with Crippen molar-refractivity contribution in [2.75, 3.05) is 13.2 Å². The van der Waals surface area contributed by atoms with Gasteiger partial charge in [0.2, 0.25) is 0 Å². The molecule has 0 aromatic heterocycles. The monoisotopic (exact) mass is 324 g/mol. The average molecular weight is 325 g/mol. The van der Waals surface area contributed by atoms with Crippen LogP contribution in [0.4, 0.5) is 0 Å². The van der Waals surface area contributed by atoms with E-state index in [2.05, 4.69) is 0 Å². The highest BCUT2D eigenvalue weighted by Gasteiger charge is 2.41. The van der Waals surface area contributed by atoms with Crippen LogP contribution in [0.2, 0.25) is 5.02 Å². The molecule has 0 amide bonds. The Balaban J connectivity index is 1.84. The van der Waals surface area contributed by atoms with Gasteiger partial charge in [0.05, 0.1) is 23.7 Å². The molecule has 2 aliphatic rings. The maximum atomic E-state index is 11.9. The van der Waals surface area contributed by atoms with Gasteiger partial charge < -0.3 is 14.6 Å². The Morgan fingerprint density at radius 1 is 1.32 bits per heavy atom. The van der Waals surface area contributed by atoms with Crippen LogP contribution in [0.15, 0.2) is 18.2 Å². The van der Waals surface area contributed by atoms with Gasteiger partial charge in [0, 0.05) is 6.42 Å². The third-order valence-electron chi connectivity index (χ3n) is 4.78. The molecule has 120 valence electrons. The normalized spacial score (nSPS) is 24.1.